The van der Waals surface area contributed by atoms with Crippen molar-refractivity contribution in [2.45, 2.75) is 0 Å². The van der Waals surface area contributed by atoms with Crippen molar-refractivity contribution in [1.82, 2.24) is 0 Å². The summed E-state index contributed by atoms with van der Waals surface area (Å²) >= 11 is 0. The van der Waals surface area contributed by atoms with Crippen molar-refractivity contribution in [2.75, 3.05) is 5.32 Å². The Morgan fingerprint density at radius 2 is 1.10 bits per heavy atom. The van der Waals surface area contributed by atoms with Gasteiger partial charge in [-0.3, -0.25) is 0 Å². The van der Waals surface area contributed by atoms with Crippen LogP contribution in [0.15, 0.2) is 109 Å². The van der Waals surface area contributed by atoms with Gasteiger partial charge < -0.3 is 5.32 Å². The van der Waals surface area contributed by atoms with Crippen LogP contribution in [0.25, 0.3) is 54.6 Å². The van der Waals surface area contributed by atoms with E-state index in [1.807, 2.05) is 0 Å². The maximum absolute atomic E-state index is 3.73. The standard InChI is InChI=1S/C30H19N/c1-2-11-21(12-3-1)31-30-24-14-7-6-13-22(24)29-27-18-20-10-5-4-9-19(20)17-26(27)23-15-8-16-25(30)28(23)29/h1-18,31H. The SMILES string of the molecule is c1ccc(Nc2c3ccccc3c3c4c(cccc24)-c2cc4ccccc4cc2-3)cc1. The molecule has 0 atom stereocenters. The molecule has 0 fully saturated rings. The van der Waals surface area contributed by atoms with Crippen LogP contribution in [-0.4, -0.2) is 0 Å². The van der Waals surface area contributed by atoms with E-state index in [0.717, 1.165) is 5.69 Å². The predicted molar refractivity (Wildman–Crippen MR) is 133 cm³/mol. The maximum atomic E-state index is 3.73. The lowest BCUT2D eigenvalue weighted by atomic mass is 9.93. The second-order valence-corrected chi connectivity index (χ2v) is 8.26. The molecular weight excluding hydrogens is 374 g/mol. The molecule has 0 heterocycles. The summed E-state index contributed by atoms with van der Waals surface area (Å²) in [5.41, 5.74) is 7.65. The summed E-state index contributed by atoms with van der Waals surface area (Å²) in [5, 5.41) is 11.5. The van der Waals surface area contributed by atoms with Gasteiger partial charge in [-0.2, -0.15) is 0 Å². The van der Waals surface area contributed by atoms with E-state index in [4.69, 9.17) is 0 Å². The first kappa shape index (κ1) is 16.7. The minimum absolute atomic E-state index is 1.11. The fraction of sp³-hybridized carbons (Fsp3) is 0. The third-order valence-corrected chi connectivity index (χ3v) is 6.54. The van der Waals surface area contributed by atoms with E-state index in [-0.39, 0.29) is 0 Å². The summed E-state index contributed by atoms with van der Waals surface area (Å²) < 4.78 is 0. The van der Waals surface area contributed by atoms with Gasteiger partial charge in [0, 0.05) is 21.8 Å². The number of rotatable bonds is 2. The average molecular weight is 393 g/mol. The number of anilines is 2. The topological polar surface area (TPSA) is 12.0 Å². The molecule has 1 nitrogen and oxygen atoms in total. The second-order valence-electron chi connectivity index (χ2n) is 8.26. The summed E-state index contributed by atoms with van der Waals surface area (Å²) in [6.45, 7) is 0. The van der Waals surface area contributed by atoms with Gasteiger partial charge in [-0.25, -0.2) is 0 Å². The number of fused-ring (bicyclic) bond motifs is 6. The van der Waals surface area contributed by atoms with Crippen molar-refractivity contribution >= 4 is 43.7 Å². The zero-order valence-corrected chi connectivity index (χ0v) is 16.9. The number of nitrogens with one attached hydrogen (secondary N) is 1. The molecule has 1 aliphatic rings. The molecule has 31 heavy (non-hydrogen) atoms. The fourth-order valence-electron chi connectivity index (χ4n) is 5.20. The van der Waals surface area contributed by atoms with Gasteiger partial charge in [-0.05, 0) is 62.7 Å². The molecule has 0 radical (unpaired) electrons. The first-order chi connectivity index (χ1) is 15.4. The van der Waals surface area contributed by atoms with Crippen molar-refractivity contribution in [1.29, 1.82) is 0 Å². The van der Waals surface area contributed by atoms with E-state index in [1.54, 1.807) is 0 Å². The van der Waals surface area contributed by atoms with E-state index in [0.29, 0.717) is 0 Å². The van der Waals surface area contributed by atoms with E-state index >= 15 is 0 Å². The van der Waals surface area contributed by atoms with Crippen molar-refractivity contribution in [3.05, 3.63) is 109 Å². The first-order valence-corrected chi connectivity index (χ1v) is 10.7. The Bertz CT molecular complexity index is 1640. The smallest absolute Gasteiger partial charge is 0.0544 e. The third-order valence-electron chi connectivity index (χ3n) is 6.54. The molecule has 1 N–H and O–H groups in total. The molecule has 144 valence electrons. The van der Waals surface area contributed by atoms with Crippen molar-refractivity contribution in [2.24, 2.45) is 0 Å². The Labute approximate surface area is 180 Å². The van der Waals surface area contributed by atoms with Crippen LogP contribution < -0.4 is 5.32 Å². The first-order valence-electron chi connectivity index (χ1n) is 10.7. The lowest BCUT2D eigenvalue weighted by Crippen LogP contribution is -1.94. The lowest BCUT2D eigenvalue weighted by Gasteiger charge is -2.16. The van der Waals surface area contributed by atoms with Crippen LogP contribution in [0.5, 0.6) is 0 Å². The minimum atomic E-state index is 1.11. The van der Waals surface area contributed by atoms with Crippen LogP contribution in [0.3, 0.4) is 0 Å². The van der Waals surface area contributed by atoms with Crippen LogP contribution in [-0.2, 0) is 0 Å². The van der Waals surface area contributed by atoms with Gasteiger partial charge >= 0.3 is 0 Å². The van der Waals surface area contributed by atoms with Gasteiger partial charge in [-0.1, -0.05) is 84.9 Å². The highest BCUT2D eigenvalue weighted by Crippen LogP contribution is 2.53. The van der Waals surface area contributed by atoms with E-state index in [2.05, 4.69) is 115 Å². The monoisotopic (exact) mass is 393 g/mol. The Morgan fingerprint density at radius 3 is 1.90 bits per heavy atom. The van der Waals surface area contributed by atoms with Crippen LogP contribution >= 0.6 is 0 Å². The Balaban J connectivity index is 1.64. The van der Waals surface area contributed by atoms with Gasteiger partial charge in [0.2, 0.25) is 0 Å². The van der Waals surface area contributed by atoms with Crippen LogP contribution in [0.1, 0.15) is 0 Å². The zero-order chi connectivity index (χ0) is 20.4. The number of hydrogen-bond donors (Lipinski definition) is 1. The lowest BCUT2D eigenvalue weighted by molar-refractivity contribution is 1.60. The maximum Gasteiger partial charge on any atom is 0.0544 e. The Kier molecular flexibility index (Phi) is 3.33. The summed E-state index contributed by atoms with van der Waals surface area (Å²) in [5.74, 6) is 0. The molecule has 6 aromatic rings. The van der Waals surface area contributed by atoms with Gasteiger partial charge in [0.15, 0.2) is 0 Å². The van der Waals surface area contributed by atoms with Crippen LogP contribution in [0.4, 0.5) is 11.4 Å². The fourth-order valence-corrected chi connectivity index (χ4v) is 5.20. The van der Waals surface area contributed by atoms with Crippen molar-refractivity contribution < 1.29 is 0 Å². The largest absolute Gasteiger partial charge is 0.355 e. The van der Waals surface area contributed by atoms with E-state index in [1.165, 1.54) is 60.3 Å². The molecule has 0 aliphatic heterocycles. The third kappa shape index (κ3) is 2.32. The summed E-state index contributed by atoms with van der Waals surface area (Å²) in [6.07, 6.45) is 0. The summed E-state index contributed by atoms with van der Waals surface area (Å²) in [7, 11) is 0. The predicted octanol–water partition coefficient (Wildman–Crippen LogP) is 8.54. The van der Waals surface area contributed by atoms with E-state index in [9.17, 15) is 0 Å². The molecule has 0 unspecified atom stereocenters. The zero-order valence-electron chi connectivity index (χ0n) is 16.9. The molecule has 6 aromatic carbocycles. The molecule has 0 spiro atoms. The molecule has 1 heteroatoms. The highest BCUT2D eigenvalue weighted by atomic mass is 14.9. The highest BCUT2D eigenvalue weighted by Gasteiger charge is 2.26. The Hall–Kier alpha value is -4.10. The molecule has 0 bridgehead atoms. The highest BCUT2D eigenvalue weighted by molar-refractivity contribution is 6.29. The molecule has 7 rings (SSSR count). The number of benzene rings is 6. The van der Waals surface area contributed by atoms with Gasteiger partial charge in [-0.15, -0.1) is 0 Å². The van der Waals surface area contributed by atoms with Crippen molar-refractivity contribution in [3.8, 4) is 22.3 Å². The molecule has 0 saturated heterocycles. The summed E-state index contributed by atoms with van der Waals surface area (Å²) in [4.78, 5) is 0. The van der Waals surface area contributed by atoms with Gasteiger partial charge in [0.25, 0.3) is 0 Å². The Morgan fingerprint density at radius 1 is 0.452 bits per heavy atom. The molecule has 0 aromatic heterocycles. The summed E-state index contributed by atoms with van der Waals surface area (Å²) in [6, 6.07) is 39.4. The molecule has 0 saturated carbocycles. The number of para-hydroxylation sites is 1. The molecule has 1 aliphatic carbocycles. The second kappa shape index (κ2) is 6.20. The minimum Gasteiger partial charge on any atom is -0.355 e. The molecule has 0 amide bonds. The number of hydrogen-bond acceptors (Lipinski definition) is 1. The van der Waals surface area contributed by atoms with E-state index < -0.39 is 0 Å². The van der Waals surface area contributed by atoms with Gasteiger partial charge in [0.1, 0.15) is 0 Å². The molecular formula is C30H19N. The van der Waals surface area contributed by atoms with Crippen LogP contribution in [0.2, 0.25) is 0 Å². The van der Waals surface area contributed by atoms with Crippen molar-refractivity contribution in [3.63, 3.8) is 0 Å². The quantitative estimate of drug-likeness (QED) is 0.290. The van der Waals surface area contributed by atoms with Gasteiger partial charge in [0.05, 0.1) is 5.69 Å². The average Bonchev–Trinajstić information content (AvgIpc) is 3.15. The normalized spacial score (nSPS) is 11.9. The van der Waals surface area contributed by atoms with Crippen LogP contribution in [0, 0.1) is 0 Å².